The molecule has 0 spiro atoms. The van der Waals surface area contributed by atoms with Gasteiger partial charge in [0, 0.05) is 0 Å². The third kappa shape index (κ3) is 2.00. The van der Waals surface area contributed by atoms with Crippen LogP contribution in [0.5, 0.6) is 0 Å². The monoisotopic (exact) mass is 226 g/mol. The van der Waals surface area contributed by atoms with Gasteiger partial charge in [0.1, 0.15) is 5.69 Å². The van der Waals surface area contributed by atoms with E-state index >= 15 is 0 Å². The van der Waals surface area contributed by atoms with Crippen molar-refractivity contribution in [3.63, 3.8) is 0 Å². The van der Waals surface area contributed by atoms with E-state index in [1.807, 2.05) is 0 Å². The molecule has 0 radical (unpaired) electrons. The second kappa shape index (κ2) is 3.32. The number of hydrogen-bond donors (Lipinski definition) is 1. The van der Waals surface area contributed by atoms with Crippen LogP contribution in [0.4, 0.5) is 27.6 Å². The summed E-state index contributed by atoms with van der Waals surface area (Å²) in [5.74, 6) is -4.95. The number of rotatable bonds is 1. The Bertz CT molecular complexity index is 372. The lowest BCUT2D eigenvalue weighted by Crippen LogP contribution is -2.34. The van der Waals surface area contributed by atoms with Gasteiger partial charge in [-0.15, -0.1) is 0 Å². The van der Waals surface area contributed by atoms with Gasteiger partial charge in [-0.05, 0) is 19.1 Å². The van der Waals surface area contributed by atoms with Crippen LogP contribution in [0.15, 0.2) is 12.1 Å². The molecular weight excluding hydrogens is 219 g/mol. The fourth-order valence-electron chi connectivity index (χ4n) is 0.892. The quantitative estimate of drug-likeness (QED) is 0.747. The summed E-state index contributed by atoms with van der Waals surface area (Å²) in [7, 11) is 0. The van der Waals surface area contributed by atoms with E-state index in [0.29, 0.717) is 6.07 Å². The van der Waals surface area contributed by atoms with Gasteiger partial charge in [-0.25, -0.2) is 4.98 Å². The number of aromatic nitrogens is 1. The smallest absolute Gasteiger partial charge is 0.397 e. The second-order valence-electron chi connectivity index (χ2n) is 2.94. The largest absolute Gasteiger partial charge is 0.459 e. The third-order valence-corrected chi connectivity index (χ3v) is 1.80. The topological polar surface area (TPSA) is 38.9 Å². The number of pyridine rings is 1. The van der Waals surface area contributed by atoms with E-state index < -0.39 is 17.8 Å². The van der Waals surface area contributed by atoms with Crippen LogP contribution in [0.1, 0.15) is 11.4 Å². The minimum Gasteiger partial charge on any atom is -0.397 e. The van der Waals surface area contributed by atoms with Crippen molar-refractivity contribution in [2.75, 3.05) is 5.73 Å². The lowest BCUT2D eigenvalue weighted by molar-refractivity contribution is -0.291. The number of aryl methyl sites for hydroxylation is 1. The van der Waals surface area contributed by atoms with E-state index in [2.05, 4.69) is 4.98 Å². The zero-order chi connectivity index (χ0) is 11.9. The average Bonchev–Trinajstić information content (AvgIpc) is 2.07. The Morgan fingerprint density at radius 2 is 1.67 bits per heavy atom. The van der Waals surface area contributed by atoms with Crippen LogP contribution < -0.4 is 5.73 Å². The third-order valence-electron chi connectivity index (χ3n) is 1.80. The average molecular weight is 226 g/mol. The maximum Gasteiger partial charge on any atom is 0.459 e. The van der Waals surface area contributed by atoms with Gasteiger partial charge in [-0.3, -0.25) is 0 Å². The summed E-state index contributed by atoms with van der Waals surface area (Å²) in [6.07, 6.45) is -5.65. The molecule has 0 saturated carbocycles. The molecule has 1 rings (SSSR count). The van der Waals surface area contributed by atoms with Crippen molar-refractivity contribution >= 4 is 5.69 Å². The highest BCUT2D eigenvalue weighted by atomic mass is 19.4. The molecule has 1 aromatic heterocycles. The predicted molar refractivity (Wildman–Crippen MR) is 43.3 cm³/mol. The summed E-state index contributed by atoms with van der Waals surface area (Å²) in [5, 5.41) is 0. The SMILES string of the molecule is Cc1nc(C(F)(F)C(F)(F)F)ccc1N. The predicted octanol–water partition coefficient (Wildman–Crippen LogP) is 2.63. The number of nitrogens with two attached hydrogens (primary N) is 1. The fourth-order valence-corrected chi connectivity index (χ4v) is 0.892. The minimum atomic E-state index is -5.65. The first kappa shape index (κ1) is 11.7. The van der Waals surface area contributed by atoms with Gasteiger partial charge < -0.3 is 5.73 Å². The van der Waals surface area contributed by atoms with Crippen molar-refractivity contribution in [1.29, 1.82) is 0 Å². The zero-order valence-corrected chi connectivity index (χ0v) is 7.57. The number of hydrogen-bond acceptors (Lipinski definition) is 2. The summed E-state index contributed by atoms with van der Waals surface area (Å²) in [6.45, 7) is 1.26. The molecule has 0 amide bonds. The molecule has 2 nitrogen and oxygen atoms in total. The lowest BCUT2D eigenvalue weighted by Gasteiger charge is -2.19. The zero-order valence-electron chi connectivity index (χ0n) is 7.57. The van der Waals surface area contributed by atoms with E-state index in [4.69, 9.17) is 5.73 Å². The van der Waals surface area contributed by atoms with Crippen LogP contribution in [-0.2, 0) is 5.92 Å². The standard InChI is InChI=1S/C8H7F5N2/c1-4-5(14)2-3-6(15-4)7(9,10)8(11,12)13/h2-3H,14H2,1H3. The van der Waals surface area contributed by atoms with E-state index in [1.165, 1.54) is 6.92 Å². The summed E-state index contributed by atoms with van der Waals surface area (Å²) in [4.78, 5) is 3.12. The molecule has 1 aromatic rings. The Labute approximate surface area is 81.9 Å². The first-order valence-corrected chi connectivity index (χ1v) is 3.84. The first-order chi connectivity index (χ1) is 6.66. The normalized spacial score (nSPS) is 12.9. The highest BCUT2D eigenvalue weighted by Crippen LogP contribution is 2.43. The van der Waals surface area contributed by atoms with Gasteiger partial charge in [0.05, 0.1) is 11.4 Å². The molecule has 0 aromatic carbocycles. The number of nitrogen functional groups attached to an aromatic ring is 1. The van der Waals surface area contributed by atoms with Crippen LogP contribution in [0.25, 0.3) is 0 Å². The Balaban J connectivity index is 3.22. The van der Waals surface area contributed by atoms with Crippen LogP contribution in [0.3, 0.4) is 0 Å². The lowest BCUT2D eigenvalue weighted by atomic mass is 10.2. The van der Waals surface area contributed by atoms with E-state index in [0.717, 1.165) is 6.07 Å². The van der Waals surface area contributed by atoms with Gasteiger partial charge in [0.25, 0.3) is 0 Å². The molecule has 0 atom stereocenters. The van der Waals surface area contributed by atoms with Crippen LogP contribution >= 0.6 is 0 Å². The van der Waals surface area contributed by atoms with Crippen LogP contribution in [0, 0.1) is 6.92 Å². The van der Waals surface area contributed by atoms with Gasteiger partial charge >= 0.3 is 12.1 Å². The molecule has 0 saturated heterocycles. The summed E-state index contributed by atoms with van der Waals surface area (Å²) >= 11 is 0. The van der Waals surface area contributed by atoms with Crippen molar-refractivity contribution in [3.05, 3.63) is 23.5 Å². The van der Waals surface area contributed by atoms with Gasteiger partial charge in [-0.1, -0.05) is 0 Å². The Morgan fingerprint density at radius 1 is 1.13 bits per heavy atom. The number of anilines is 1. The van der Waals surface area contributed by atoms with Crippen LogP contribution in [0.2, 0.25) is 0 Å². The first-order valence-electron chi connectivity index (χ1n) is 3.84. The van der Waals surface area contributed by atoms with E-state index in [9.17, 15) is 22.0 Å². The van der Waals surface area contributed by atoms with E-state index in [-0.39, 0.29) is 11.4 Å². The van der Waals surface area contributed by atoms with Gasteiger partial charge in [0.15, 0.2) is 0 Å². The van der Waals surface area contributed by atoms with Gasteiger partial charge in [-0.2, -0.15) is 22.0 Å². The number of alkyl halides is 5. The minimum absolute atomic E-state index is 0.0589. The van der Waals surface area contributed by atoms with Crippen molar-refractivity contribution < 1.29 is 22.0 Å². The summed E-state index contributed by atoms with van der Waals surface area (Å²) < 4.78 is 61.3. The van der Waals surface area contributed by atoms with Crippen molar-refractivity contribution in [2.24, 2.45) is 0 Å². The van der Waals surface area contributed by atoms with E-state index in [1.54, 1.807) is 0 Å². The van der Waals surface area contributed by atoms with Crippen molar-refractivity contribution in [1.82, 2.24) is 4.98 Å². The molecule has 15 heavy (non-hydrogen) atoms. The van der Waals surface area contributed by atoms with Crippen molar-refractivity contribution in [3.8, 4) is 0 Å². The summed E-state index contributed by atoms with van der Waals surface area (Å²) in [5.41, 5.74) is 3.91. The van der Waals surface area contributed by atoms with Gasteiger partial charge in [0.2, 0.25) is 0 Å². The Hall–Kier alpha value is -1.40. The molecule has 0 aliphatic rings. The molecule has 1 heterocycles. The second-order valence-corrected chi connectivity index (χ2v) is 2.94. The molecule has 0 bridgehead atoms. The Morgan fingerprint density at radius 3 is 2.07 bits per heavy atom. The number of nitrogens with zero attached hydrogens (tertiary/aromatic N) is 1. The summed E-state index contributed by atoms with van der Waals surface area (Å²) in [6, 6.07) is 1.53. The molecule has 7 heteroatoms. The van der Waals surface area contributed by atoms with Crippen molar-refractivity contribution in [2.45, 2.75) is 19.0 Å². The molecule has 0 unspecified atom stereocenters. The van der Waals surface area contributed by atoms with Crippen LogP contribution in [-0.4, -0.2) is 11.2 Å². The molecule has 0 fully saturated rings. The Kier molecular flexibility index (Phi) is 2.58. The highest BCUT2D eigenvalue weighted by molar-refractivity contribution is 5.43. The maximum atomic E-state index is 12.7. The molecule has 0 aliphatic heterocycles. The highest BCUT2D eigenvalue weighted by Gasteiger charge is 2.59. The molecule has 0 aliphatic carbocycles. The fraction of sp³-hybridized carbons (Fsp3) is 0.375. The molecular formula is C8H7F5N2. The molecule has 2 N–H and O–H groups in total. The number of halogens is 5. The molecule has 84 valence electrons. The maximum absolute atomic E-state index is 12.7.